The fourth-order valence-electron chi connectivity index (χ4n) is 3.24. The number of carbonyl (C=O) groups is 1. The minimum absolute atomic E-state index is 0.218. The summed E-state index contributed by atoms with van der Waals surface area (Å²) in [7, 11) is 0. The van der Waals surface area contributed by atoms with Gasteiger partial charge in [-0.25, -0.2) is 0 Å². The number of ether oxygens (including phenoxy) is 1. The molecule has 0 aromatic carbocycles. The summed E-state index contributed by atoms with van der Waals surface area (Å²) >= 11 is 0. The van der Waals surface area contributed by atoms with Gasteiger partial charge in [0, 0.05) is 12.5 Å². The number of fused-ring (bicyclic) bond motifs is 1. The fraction of sp³-hybridized carbons (Fsp3) is 0.929. The molecule has 2 fully saturated rings. The van der Waals surface area contributed by atoms with Gasteiger partial charge in [-0.3, -0.25) is 4.79 Å². The summed E-state index contributed by atoms with van der Waals surface area (Å²) in [5.74, 6) is 0.589. The van der Waals surface area contributed by atoms with Crippen molar-refractivity contribution in [2.45, 2.75) is 64.5 Å². The van der Waals surface area contributed by atoms with Gasteiger partial charge in [-0.05, 0) is 25.7 Å². The Hall–Kier alpha value is -0.570. The first kappa shape index (κ1) is 12.9. The molecule has 17 heavy (non-hydrogen) atoms. The molecule has 1 aliphatic carbocycles. The van der Waals surface area contributed by atoms with Crippen LogP contribution in [0.15, 0.2) is 0 Å². The molecule has 98 valence electrons. The summed E-state index contributed by atoms with van der Waals surface area (Å²) < 4.78 is 5.82. The Morgan fingerprint density at radius 3 is 2.71 bits per heavy atom. The maximum Gasteiger partial charge on any atom is 0.226 e. The van der Waals surface area contributed by atoms with E-state index in [1.807, 2.05) is 0 Å². The van der Waals surface area contributed by atoms with Gasteiger partial charge in [-0.1, -0.05) is 26.7 Å². The number of rotatable bonds is 3. The first-order valence-corrected chi connectivity index (χ1v) is 7.20. The minimum atomic E-state index is 0.218. The van der Waals surface area contributed by atoms with Crippen LogP contribution in [0.5, 0.6) is 0 Å². The molecule has 1 saturated carbocycles. The lowest BCUT2D eigenvalue weighted by Crippen LogP contribution is -2.56. The van der Waals surface area contributed by atoms with E-state index >= 15 is 0 Å². The van der Waals surface area contributed by atoms with Gasteiger partial charge in [0.15, 0.2) is 0 Å². The monoisotopic (exact) mass is 239 g/mol. The highest BCUT2D eigenvalue weighted by molar-refractivity contribution is 5.79. The smallest absolute Gasteiger partial charge is 0.226 e. The highest BCUT2D eigenvalue weighted by Gasteiger charge is 2.37. The zero-order valence-corrected chi connectivity index (χ0v) is 11.2. The molecule has 3 nitrogen and oxygen atoms in total. The topological polar surface area (TPSA) is 29.5 Å². The Labute approximate surface area is 105 Å². The third-order valence-corrected chi connectivity index (χ3v) is 4.35. The quantitative estimate of drug-likeness (QED) is 0.757. The lowest BCUT2D eigenvalue weighted by Gasteiger charge is -2.44. The summed E-state index contributed by atoms with van der Waals surface area (Å²) in [6.07, 6.45) is 7.02. The van der Waals surface area contributed by atoms with Gasteiger partial charge in [0.1, 0.15) is 0 Å². The minimum Gasteiger partial charge on any atom is -0.374 e. The molecule has 1 heterocycles. The van der Waals surface area contributed by atoms with Gasteiger partial charge in [0.2, 0.25) is 5.91 Å². The van der Waals surface area contributed by atoms with Crippen molar-refractivity contribution in [2.24, 2.45) is 5.92 Å². The lowest BCUT2D eigenvalue weighted by atomic mass is 9.89. The van der Waals surface area contributed by atoms with Crippen molar-refractivity contribution in [3.8, 4) is 0 Å². The molecule has 3 heteroatoms. The Bertz CT molecular complexity index is 261. The second kappa shape index (κ2) is 5.85. The van der Waals surface area contributed by atoms with Crippen molar-refractivity contribution in [1.82, 2.24) is 4.90 Å². The van der Waals surface area contributed by atoms with Crippen LogP contribution in [0, 0.1) is 5.92 Å². The molecular formula is C14H25NO2. The second-order valence-corrected chi connectivity index (χ2v) is 5.31. The Morgan fingerprint density at radius 1 is 1.29 bits per heavy atom. The number of morpholine rings is 1. The van der Waals surface area contributed by atoms with Crippen LogP contribution < -0.4 is 0 Å². The van der Waals surface area contributed by atoms with Crippen molar-refractivity contribution in [3.63, 3.8) is 0 Å². The van der Waals surface area contributed by atoms with E-state index in [-0.39, 0.29) is 5.92 Å². The molecule has 0 bridgehead atoms. The Morgan fingerprint density at radius 2 is 2.00 bits per heavy atom. The van der Waals surface area contributed by atoms with Crippen LogP contribution in [0.1, 0.15) is 52.4 Å². The van der Waals surface area contributed by atoms with Crippen LogP contribution in [0.3, 0.4) is 0 Å². The molecule has 2 rings (SSSR count). The highest BCUT2D eigenvalue weighted by atomic mass is 16.5. The summed E-state index contributed by atoms with van der Waals surface area (Å²) in [5.41, 5.74) is 0. The zero-order chi connectivity index (χ0) is 12.3. The van der Waals surface area contributed by atoms with E-state index in [4.69, 9.17) is 4.74 Å². The Balaban J connectivity index is 2.05. The van der Waals surface area contributed by atoms with Gasteiger partial charge < -0.3 is 9.64 Å². The molecule has 1 amide bonds. The van der Waals surface area contributed by atoms with Gasteiger partial charge in [-0.15, -0.1) is 0 Å². The van der Waals surface area contributed by atoms with Crippen LogP contribution in [-0.2, 0) is 9.53 Å². The zero-order valence-electron chi connectivity index (χ0n) is 11.2. The molecule has 2 unspecified atom stereocenters. The van der Waals surface area contributed by atoms with E-state index in [2.05, 4.69) is 18.7 Å². The van der Waals surface area contributed by atoms with Gasteiger partial charge in [0.25, 0.3) is 0 Å². The van der Waals surface area contributed by atoms with Crippen LogP contribution in [-0.4, -0.2) is 36.1 Å². The molecule has 2 atom stereocenters. The SMILES string of the molecule is CCC(CC)C(=O)N1CCOC2CCCCC21. The van der Waals surface area contributed by atoms with E-state index in [1.165, 1.54) is 12.8 Å². The van der Waals surface area contributed by atoms with Crippen molar-refractivity contribution < 1.29 is 9.53 Å². The van der Waals surface area contributed by atoms with Crippen molar-refractivity contribution in [2.75, 3.05) is 13.2 Å². The molecule has 0 spiro atoms. The predicted octanol–water partition coefficient (Wildman–Crippen LogP) is 2.59. The van der Waals surface area contributed by atoms with Crippen molar-refractivity contribution >= 4 is 5.91 Å². The predicted molar refractivity (Wildman–Crippen MR) is 67.8 cm³/mol. The molecule has 2 aliphatic rings. The molecule has 0 radical (unpaired) electrons. The van der Waals surface area contributed by atoms with Crippen molar-refractivity contribution in [1.29, 1.82) is 0 Å². The van der Waals surface area contributed by atoms with E-state index in [0.29, 0.717) is 18.1 Å². The average molecular weight is 239 g/mol. The first-order chi connectivity index (χ1) is 8.27. The molecule has 1 aliphatic heterocycles. The summed E-state index contributed by atoms with van der Waals surface area (Å²) in [5, 5.41) is 0. The largest absolute Gasteiger partial charge is 0.374 e. The maximum atomic E-state index is 12.5. The maximum absolute atomic E-state index is 12.5. The van der Waals surface area contributed by atoms with Gasteiger partial charge >= 0.3 is 0 Å². The van der Waals surface area contributed by atoms with Crippen LogP contribution in [0.2, 0.25) is 0 Å². The van der Waals surface area contributed by atoms with Gasteiger partial charge in [0.05, 0.1) is 18.8 Å². The van der Waals surface area contributed by atoms with E-state index < -0.39 is 0 Å². The average Bonchev–Trinajstić information content (AvgIpc) is 2.39. The van der Waals surface area contributed by atoms with Crippen LogP contribution >= 0.6 is 0 Å². The van der Waals surface area contributed by atoms with E-state index in [0.717, 1.165) is 38.8 Å². The summed E-state index contributed by atoms with van der Waals surface area (Å²) in [6, 6.07) is 0.366. The number of nitrogens with zero attached hydrogens (tertiary/aromatic N) is 1. The molecule has 0 N–H and O–H groups in total. The van der Waals surface area contributed by atoms with Crippen molar-refractivity contribution in [3.05, 3.63) is 0 Å². The van der Waals surface area contributed by atoms with E-state index in [9.17, 15) is 4.79 Å². The molecule has 0 aromatic rings. The van der Waals surface area contributed by atoms with E-state index in [1.54, 1.807) is 0 Å². The lowest BCUT2D eigenvalue weighted by molar-refractivity contribution is -0.154. The standard InChI is InChI=1S/C14H25NO2/c1-3-11(4-2)14(16)15-9-10-17-13-8-6-5-7-12(13)15/h11-13H,3-10H2,1-2H3. The third-order valence-electron chi connectivity index (χ3n) is 4.35. The second-order valence-electron chi connectivity index (χ2n) is 5.31. The number of amides is 1. The molecule has 0 aromatic heterocycles. The summed E-state index contributed by atoms with van der Waals surface area (Å²) in [4.78, 5) is 14.6. The van der Waals surface area contributed by atoms with Crippen LogP contribution in [0.25, 0.3) is 0 Å². The summed E-state index contributed by atoms with van der Waals surface area (Å²) in [6.45, 7) is 5.76. The van der Waals surface area contributed by atoms with Gasteiger partial charge in [-0.2, -0.15) is 0 Å². The third kappa shape index (κ3) is 2.65. The highest BCUT2D eigenvalue weighted by Crippen LogP contribution is 2.30. The first-order valence-electron chi connectivity index (χ1n) is 7.20. The molecular weight excluding hydrogens is 214 g/mol. The Kier molecular flexibility index (Phi) is 4.43. The normalized spacial score (nSPS) is 29.2. The number of hydrogen-bond acceptors (Lipinski definition) is 2. The number of hydrogen-bond donors (Lipinski definition) is 0. The van der Waals surface area contributed by atoms with Crippen LogP contribution in [0.4, 0.5) is 0 Å². The molecule has 1 saturated heterocycles. The fourth-order valence-corrected chi connectivity index (χ4v) is 3.24. The number of carbonyl (C=O) groups excluding carboxylic acids is 1.